The zero-order valence-corrected chi connectivity index (χ0v) is 9.01. The van der Waals surface area contributed by atoms with Crippen LogP contribution in [0.3, 0.4) is 0 Å². The first kappa shape index (κ1) is 10.3. The molecule has 1 unspecified atom stereocenters. The molecule has 1 aromatic rings. The Hall–Kier alpha value is 0.170. The molecule has 0 spiro atoms. The summed E-state index contributed by atoms with van der Waals surface area (Å²) in [7, 11) is 0. The van der Waals surface area contributed by atoms with Gasteiger partial charge in [0.2, 0.25) is 0 Å². The fourth-order valence-corrected chi connectivity index (χ4v) is 1.46. The Morgan fingerprint density at radius 3 is 2.67 bits per heavy atom. The Balaban J connectivity index is 2.94. The summed E-state index contributed by atoms with van der Waals surface area (Å²) in [5.41, 5.74) is 0.451. The number of aromatic nitrogens is 1. The first-order valence-electron chi connectivity index (χ1n) is 3.19. The topological polar surface area (TPSA) is 33.1 Å². The predicted molar refractivity (Wildman–Crippen MR) is 52.4 cm³/mol. The van der Waals surface area contributed by atoms with Crippen molar-refractivity contribution < 1.29 is 5.11 Å². The van der Waals surface area contributed by atoms with Crippen LogP contribution in [-0.4, -0.2) is 14.9 Å². The van der Waals surface area contributed by atoms with Crippen LogP contribution in [0.25, 0.3) is 0 Å². The molecule has 1 aromatic heterocycles. The molecule has 5 heteroatoms. The Kier molecular flexibility index (Phi) is 3.77. The summed E-state index contributed by atoms with van der Waals surface area (Å²) in [5, 5.41) is 9.42. The van der Waals surface area contributed by atoms with Crippen molar-refractivity contribution in [3.8, 4) is 0 Å². The first-order valence-corrected chi connectivity index (χ1v) is 4.86. The van der Waals surface area contributed by atoms with Crippen LogP contribution in [0.5, 0.6) is 0 Å². The molecule has 0 aliphatic rings. The SMILES string of the molecule is OC(c1ncccc1Br)C(Cl)Cl. The van der Waals surface area contributed by atoms with Crippen LogP contribution < -0.4 is 0 Å². The van der Waals surface area contributed by atoms with Gasteiger partial charge in [0.15, 0.2) is 0 Å². The normalized spacial score (nSPS) is 13.4. The van der Waals surface area contributed by atoms with Crippen molar-refractivity contribution in [1.82, 2.24) is 4.98 Å². The lowest BCUT2D eigenvalue weighted by atomic mass is 10.2. The van der Waals surface area contributed by atoms with Gasteiger partial charge in [0.05, 0.1) is 5.69 Å². The molecule has 66 valence electrons. The fourth-order valence-electron chi connectivity index (χ4n) is 0.735. The van der Waals surface area contributed by atoms with Crippen LogP contribution >= 0.6 is 39.1 Å². The van der Waals surface area contributed by atoms with Gasteiger partial charge in [0.1, 0.15) is 10.9 Å². The monoisotopic (exact) mass is 269 g/mol. The van der Waals surface area contributed by atoms with E-state index in [9.17, 15) is 5.11 Å². The molecular weight excluding hydrogens is 265 g/mol. The van der Waals surface area contributed by atoms with Gasteiger partial charge in [-0.1, -0.05) is 0 Å². The number of hydrogen-bond acceptors (Lipinski definition) is 2. The number of pyridine rings is 1. The number of hydrogen-bond donors (Lipinski definition) is 1. The smallest absolute Gasteiger partial charge is 0.139 e. The molecule has 0 aliphatic carbocycles. The average molecular weight is 271 g/mol. The molecule has 0 bridgehead atoms. The fraction of sp³-hybridized carbons (Fsp3) is 0.286. The third kappa shape index (κ3) is 2.33. The molecule has 0 fully saturated rings. The van der Waals surface area contributed by atoms with Gasteiger partial charge in [0.25, 0.3) is 0 Å². The van der Waals surface area contributed by atoms with Crippen LogP contribution in [0.1, 0.15) is 11.8 Å². The molecule has 1 rings (SSSR count). The molecule has 1 N–H and O–H groups in total. The van der Waals surface area contributed by atoms with Crippen molar-refractivity contribution in [3.63, 3.8) is 0 Å². The van der Waals surface area contributed by atoms with E-state index in [1.54, 1.807) is 18.3 Å². The van der Waals surface area contributed by atoms with E-state index < -0.39 is 10.9 Å². The zero-order chi connectivity index (χ0) is 9.14. The molecule has 1 atom stereocenters. The Bertz CT molecular complexity index is 269. The molecule has 0 saturated carbocycles. The number of halogens is 3. The third-order valence-electron chi connectivity index (χ3n) is 1.31. The van der Waals surface area contributed by atoms with Crippen LogP contribution in [0.15, 0.2) is 22.8 Å². The highest BCUT2D eigenvalue weighted by Gasteiger charge is 2.19. The second-order valence-corrected chi connectivity index (χ2v) is 4.17. The largest absolute Gasteiger partial charge is 0.384 e. The molecule has 0 radical (unpaired) electrons. The highest BCUT2D eigenvalue weighted by molar-refractivity contribution is 9.10. The van der Waals surface area contributed by atoms with Gasteiger partial charge in [-0.05, 0) is 28.1 Å². The van der Waals surface area contributed by atoms with E-state index >= 15 is 0 Å². The van der Waals surface area contributed by atoms with E-state index in [0.717, 1.165) is 0 Å². The van der Waals surface area contributed by atoms with Gasteiger partial charge in [-0.25, -0.2) is 0 Å². The minimum atomic E-state index is -0.955. The van der Waals surface area contributed by atoms with Crippen molar-refractivity contribution in [2.24, 2.45) is 0 Å². The van der Waals surface area contributed by atoms with Gasteiger partial charge >= 0.3 is 0 Å². The Morgan fingerprint density at radius 2 is 2.17 bits per heavy atom. The minimum absolute atomic E-state index is 0.451. The molecule has 1 heterocycles. The van der Waals surface area contributed by atoms with Gasteiger partial charge in [-0.3, -0.25) is 4.98 Å². The summed E-state index contributed by atoms with van der Waals surface area (Å²) in [6.45, 7) is 0. The number of nitrogens with zero attached hydrogens (tertiary/aromatic N) is 1. The Morgan fingerprint density at radius 1 is 1.50 bits per heavy atom. The highest BCUT2D eigenvalue weighted by atomic mass is 79.9. The van der Waals surface area contributed by atoms with Crippen molar-refractivity contribution in [1.29, 1.82) is 0 Å². The van der Waals surface area contributed by atoms with Crippen molar-refractivity contribution >= 4 is 39.1 Å². The number of aliphatic hydroxyl groups is 1. The van der Waals surface area contributed by atoms with Crippen LogP contribution in [0.4, 0.5) is 0 Å². The molecule has 0 aliphatic heterocycles. The first-order chi connectivity index (χ1) is 5.63. The molecular formula is C7H6BrCl2NO. The molecule has 0 amide bonds. The van der Waals surface area contributed by atoms with Gasteiger partial charge < -0.3 is 5.11 Å². The second kappa shape index (κ2) is 4.42. The number of rotatable bonds is 2. The quantitative estimate of drug-likeness (QED) is 0.839. The second-order valence-electron chi connectivity index (χ2n) is 2.15. The van der Waals surface area contributed by atoms with Crippen LogP contribution in [0, 0.1) is 0 Å². The predicted octanol–water partition coefficient (Wildman–Crippen LogP) is 2.68. The van der Waals surface area contributed by atoms with Crippen molar-refractivity contribution in [3.05, 3.63) is 28.5 Å². The summed E-state index contributed by atoms with van der Waals surface area (Å²) in [6, 6.07) is 3.51. The highest BCUT2D eigenvalue weighted by Crippen LogP contribution is 2.27. The number of aliphatic hydroxyl groups excluding tert-OH is 1. The lowest BCUT2D eigenvalue weighted by molar-refractivity contribution is 0.187. The summed E-state index contributed by atoms with van der Waals surface area (Å²) < 4.78 is 0.698. The summed E-state index contributed by atoms with van der Waals surface area (Å²) >= 11 is 14.2. The maximum Gasteiger partial charge on any atom is 0.139 e. The van der Waals surface area contributed by atoms with Crippen molar-refractivity contribution in [2.75, 3.05) is 0 Å². The average Bonchev–Trinajstić information content (AvgIpc) is 2.04. The van der Waals surface area contributed by atoms with Crippen LogP contribution in [-0.2, 0) is 0 Å². The van der Waals surface area contributed by atoms with E-state index in [1.807, 2.05) is 0 Å². The maximum atomic E-state index is 9.42. The number of alkyl halides is 2. The zero-order valence-electron chi connectivity index (χ0n) is 5.92. The van der Waals surface area contributed by atoms with E-state index in [4.69, 9.17) is 23.2 Å². The summed E-state index contributed by atoms with van der Waals surface area (Å²) in [6.07, 6.45) is 0.614. The third-order valence-corrected chi connectivity index (χ3v) is 2.45. The van der Waals surface area contributed by atoms with Gasteiger partial charge in [-0.15, -0.1) is 23.2 Å². The van der Waals surface area contributed by atoms with E-state index in [1.165, 1.54) is 0 Å². The summed E-state index contributed by atoms with van der Waals surface area (Å²) in [4.78, 5) is 3.07. The maximum absolute atomic E-state index is 9.42. The lowest BCUT2D eigenvalue weighted by Crippen LogP contribution is -2.08. The van der Waals surface area contributed by atoms with E-state index in [0.29, 0.717) is 10.2 Å². The van der Waals surface area contributed by atoms with Crippen molar-refractivity contribution in [2.45, 2.75) is 10.9 Å². The van der Waals surface area contributed by atoms with Gasteiger partial charge in [0, 0.05) is 10.7 Å². The standard InChI is InChI=1S/C7H6BrCl2NO/c8-4-2-1-3-11-5(4)6(12)7(9)10/h1-3,6-7,12H. The molecule has 2 nitrogen and oxygen atoms in total. The van der Waals surface area contributed by atoms with E-state index in [-0.39, 0.29) is 0 Å². The summed E-state index contributed by atoms with van der Waals surface area (Å²) in [5.74, 6) is 0. The van der Waals surface area contributed by atoms with E-state index in [2.05, 4.69) is 20.9 Å². The lowest BCUT2D eigenvalue weighted by Gasteiger charge is -2.11. The minimum Gasteiger partial charge on any atom is -0.384 e. The molecule has 0 aromatic carbocycles. The molecule has 12 heavy (non-hydrogen) atoms. The van der Waals surface area contributed by atoms with Gasteiger partial charge in [-0.2, -0.15) is 0 Å². The molecule has 0 saturated heterocycles. The van der Waals surface area contributed by atoms with Crippen LogP contribution in [0.2, 0.25) is 0 Å². The Labute approximate surface area is 88.6 Å².